The van der Waals surface area contributed by atoms with Crippen molar-refractivity contribution in [3.8, 4) is 0 Å². The Balaban J connectivity index is 1.37. The monoisotopic (exact) mass is 476 g/mol. The summed E-state index contributed by atoms with van der Waals surface area (Å²) in [5.41, 5.74) is 1.86. The number of para-hydroxylation sites is 1. The highest BCUT2D eigenvalue weighted by atomic mass is 35.5. The van der Waals surface area contributed by atoms with E-state index < -0.39 is 16.1 Å². The van der Waals surface area contributed by atoms with E-state index in [1.54, 1.807) is 0 Å². The molecule has 2 fully saturated rings. The van der Waals surface area contributed by atoms with Gasteiger partial charge in [0.15, 0.2) is 0 Å². The Labute approximate surface area is 197 Å². The van der Waals surface area contributed by atoms with Gasteiger partial charge in [-0.3, -0.25) is 4.31 Å². The van der Waals surface area contributed by atoms with Gasteiger partial charge in [-0.15, -0.1) is 0 Å². The molecule has 0 radical (unpaired) electrons. The third-order valence-corrected chi connectivity index (χ3v) is 8.55. The Kier molecular flexibility index (Phi) is 7.45. The Morgan fingerprint density at radius 3 is 2.47 bits per heavy atom. The van der Waals surface area contributed by atoms with Crippen LogP contribution in [0.5, 0.6) is 0 Å². The molecule has 1 N–H and O–H groups in total. The fourth-order valence-corrected chi connectivity index (χ4v) is 6.54. The Bertz CT molecular complexity index is 1000. The molecule has 0 amide bonds. The normalized spacial score (nSPS) is 25.2. The zero-order valence-corrected chi connectivity index (χ0v) is 20.2. The van der Waals surface area contributed by atoms with Crippen molar-refractivity contribution in [3.63, 3.8) is 0 Å². The lowest BCUT2D eigenvalue weighted by Gasteiger charge is -2.43. The van der Waals surface area contributed by atoms with Crippen molar-refractivity contribution in [2.75, 3.05) is 36.7 Å². The number of benzene rings is 2. The van der Waals surface area contributed by atoms with Crippen LogP contribution in [0.4, 0.5) is 5.69 Å². The molecular weight excluding hydrogens is 444 g/mol. The Morgan fingerprint density at radius 1 is 1.09 bits per heavy atom. The minimum Gasteiger partial charge on any atom is -0.391 e. The zero-order chi connectivity index (χ0) is 22.7. The van der Waals surface area contributed by atoms with E-state index in [1.165, 1.54) is 10.6 Å². The zero-order valence-electron chi connectivity index (χ0n) is 18.6. The Hall–Kier alpha value is -1.60. The third-order valence-electron chi connectivity index (χ3n) is 7.04. The van der Waals surface area contributed by atoms with Gasteiger partial charge >= 0.3 is 0 Å². The first-order chi connectivity index (χ1) is 15.3. The van der Waals surface area contributed by atoms with E-state index in [-0.39, 0.29) is 11.8 Å². The molecule has 4 rings (SSSR count). The van der Waals surface area contributed by atoms with Gasteiger partial charge in [-0.2, -0.15) is 0 Å². The quantitative estimate of drug-likeness (QED) is 0.614. The lowest BCUT2D eigenvalue weighted by molar-refractivity contribution is 0.00675. The fraction of sp³-hybridized carbons (Fsp3) is 0.520. The first-order valence-electron chi connectivity index (χ1n) is 11.5. The molecule has 0 aromatic heterocycles. The average molecular weight is 477 g/mol. The highest BCUT2D eigenvalue weighted by Gasteiger charge is 2.39. The third kappa shape index (κ3) is 5.48. The second kappa shape index (κ2) is 10.1. The molecule has 2 aliphatic rings. The number of rotatable bonds is 8. The van der Waals surface area contributed by atoms with Gasteiger partial charge in [-0.25, -0.2) is 8.42 Å². The van der Waals surface area contributed by atoms with Crippen molar-refractivity contribution in [1.82, 2.24) is 4.90 Å². The molecule has 32 heavy (non-hydrogen) atoms. The first-order valence-corrected chi connectivity index (χ1v) is 13.7. The number of hydrogen-bond donors (Lipinski definition) is 1. The van der Waals surface area contributed by atoms with Gasteiger partial charge in [0.1, 0.15) is 0 Å². The van der Waals surface area contributed by atoms with Crippen molar-refractivity contribution >= 4 is 27.3 Å². The highest BCUT2D eigenvalue weighted by molar-refractivity contribution is 7.92. The molecule has 4 atom stereocenters. The molecule has 1 saturated heterocycles. The van der Waals surface area contributed by atoms with Crippen molar-refractivity contribution in [3.05, 3.63) is 65.2 Å². The standard InChI is InChI=1S/C25H33ClN2O3S/c1-32(30,31)28(20-9-3-2-4-10-20)17-19-8-7-15-27(16-19)18-25(29)23-14-13-21(23)22-11-5-6-12-24(22)26/h2-6,9-12,19,21,23,25,29H,7-8,13-18H2,1H3. The van der Waals surface area contributed by atoms with Crippen LogP contribution in [0.2, 0.25) is 5.02 Å². The molecule has 0 spiro atoms. The number of sulfonamides is 1. The topological polar surface area (TPSA) is 60.9 Å². The van der Waals surface area contributed by atoms with E-state index in [9.17, 15) is 13.5 Å². The molecule has 5 nitrogen and oxygen atoms in total. The molecule has 1 saturated carbocycles. The first kappa shape index (κ1) is 23.6. The van der Waals surface area contributed by atoms with E-state index in [2.05, 4.69) is 11.0 Å². The van der Waals surface area contributed by atoms with Crippen LogP contribution in [0.25, 0.3) is 0 Å². The van der Waals surface area contributed by atoms with E-state index >= 15 is 0 Å². The van der Waals surface area contributed by atoms with Crippen LogP contribution in [0, 0.1) is 11.8 Å². The molecule has 1 aliphatic heterocycles. The summed E-state index contributed by atoms with van der Waals surface area (Å²) in [7, 11) is -3.36. The lowest BCUT2D eigenvalue weighted by atomic mass is 9.67. The minimum absolute atomic E-state index is 0.229. The predicted molar refractivity (Wildman–Crippen MR) is 131 cm³/mol. The molecule has 2 aromatic rings. The molecule has 0 bridgehead atoms. The summed E-state index contributed by atoms with van der Waals surface area (Å²) in [5, 5.41) is 11.8. The highest BCUT2D eigenvalue weighted by Crippen LogP contribution is 2.46. The van der Waals surface area contributed by atoms with E-state index in [1.807, 2.05) is 48.5 Å². The maximum Gasteiger partial charge on any atom is 0.232 e. The van der Waals surface area contributed by atoms with Gasteiger partial charge in [0.2, 0.25) is 10.0 Å². The number of β-amino-alcohol motifs (C(OH)–C–C–N with tert-alkyl or cyclic N) is 1. The average Bonchev–Trinajstić information content (AvgIpc) is 2.73. The van der Waals surface area contributed by atoms with Crippen molar-refractivity contribution in [1.29, 1.82) is 0 Å². The maximum absolute atomic E-state index is 12.5. The smallest absolute Gasteiger partial charge is 0.232 e. The summed E-state index contributed by atoms with van der Waals surface area (Å²) in [5.74, 6) is 0.789. The molecule has 174 valence electrons. The summed E-state index contributed by atoms with van der Waals surface area (Å²) < 4.78 is 26.4. The maximum atomic E-state index is 12.5. The van der Waals surface area contributed by atoms with Crippen LogP contribution in [-0.2, 0) is 10.0 Å². The van der Waals surface area contributed by atoms with Crippen LogP contribution in [0.1, 0.15) is 37.2 Å². The predicted octanol–water partition coefficient (Wildman–Crippen LogP) is 4.37. The van der Waals surface area contributed by atoms with Crippen molar-refractivity contribution in [2.45, 2.75) is 37.7 Å². The van der Waals surface area contributed by atoms with Gasteiger partial charge in [0.05, 0.1) is 18.0 Å². The summed E-state index contributed by atoms with van der Waals surface area (Å²) >= 11 is 6.40. The summed E-state index contributed by atoms with van der Waals surface area (Å²) in [6, 6.07) is 17.3. The van der Waals surface area contributed by atoms with Crippen LogP contribution in [0.3, 0.4) is 0 Å². The number of aliphatic hydroxyl groups is 1. The van der Waals surface area contributed by atoms with Gasteiger partial charge in [0.25, 0.3) is 0 Å². The van der Waals surface area contributed by atoms with Crippen LogP contribution in [0.15, 0.2) is 54.6 Å². The Morgan fingerprint density at radius 2 is 1.81 bits per heavy atom. The van der Waals surface area contributed by atoms with Crippen LogP contribution < -0.4 is 4.31 Å². The second-order valence-corrected chi connectivity index (χ2v) is 11.6. The van der Waals surface area contributed by atoms with Gasteiger partial charge in [-0.05, 0) is 73.7 Å². The summed E-state index contributed by atoms with van der Waals surface area (Å²) in [6.07, 6.45) is 4.97. The van der Waals surface area contributed by atoms with Gasteiger partial charge in [-0.1, -0.05) is 48.0 Å². The fourth-order valence-electron chi connectivity index (χ4n) is 5.28. The number of hydrogen-bond acceptors (Lipinski definition) is 4. The second-order valence-electron chi connectivity index (χ2n) is 9.33. The lowest BCUT2D eigenvalue weighted by Crippen LogP contribution is -2.47. The number of halogens is 1. The number of piperidine rings is 1. The largest absolute Gasteiger partial charge is 0.391 e. The molecule has 4 unspecified atom stereocenters. The van der Waals surface area contributed by atoms with E-state index in [0.29, 0.717) is 24.7 Å². The summed E-state index contributed by atoms with van der Waals surface area (Å²) in [6.45, 7) is 2.86. The molecule has 1 heterocycles. The van der Waals surface area contributed by atoms with E-state index in [0.717, 1.165) is 49.4 Å². The number of nitrogens with zero attached hydrogens (tertiary/aromatic N) is 2. The van der Waals surface area contributed by atoms with Crippen LogP contribution in [-0.4, -0.2) is 57.0 Å². The minimum atomic E-state index is -3.36. The molecular formula is C25H33ClN2O3S. The molecule has 7 heteroatoms. The number of likely N-dealkylation sites (tertiary alicyclic amines) is 1. The number of aliphatic hydroxyl groups excluding tert-OH is 1. The van der Waals surface area contributed by atoms with Gasteiger partial charge in [0, 0.05) is 24.7 Å². The molecule has 1 aliphatic carbocycles. The van der Waals surface area contributed by atoms with Crippen molar-refractivity contribution < 1.29 is 13.5 Å². The van der Waals surface area contributed by atoms with Crippen molar-refractivity contribution in [2.24, 2.45) is 11.8 Å². The SMILES string of the molecule is CS(=O)(=O)N(CC1CCCN(CC(O)C2CCC2c2ccccc2Cl)C1)c1ccccc1. The summed E-state index contributed by atoms with van der Waals surface area (Å²) in [4.78, 5) is 2.31. The number of anilines is 1. The van der Waals surface area contributed by atoms with Gasteiger partial charge < -0.3 is 10.0 Å². The van der Waals surface area contributed by atoms with Crippen LogP contribution >= 0.6 is 11.6 Å². The molecule has 2 aromatic carbocycles. The van der Waals surface area contributed by atoms with E-state index in [4.69, 9.17) is 11.6 Å².